The summed E-state index contributed by atoms with van der Waals surface area (Å²) in [4.78, 5) is 0. The Hall–Kier alpha value is -1.16. The second-order valence-corrected chi connectivity index (χ2v) is 2.98. The minimum absolute atomic E-state index is 0.404. The van der Waals surface area contributed by atoms with Gasteiger partial charge in [-0.15, -0.1) is 0 Å². The second-order valence-electron chi connectivity index (χ2n) is 2.98. The molecule has 0 saturated heterocycles. The molecule has 0 fully saturated rings. The van der Waals surface area contributed by atoms with Gasteiger partial charge >= 0.3 is 0 Å². The van der Waals surface area contributed by atoms with Crippen molar-refractivity contribution in [3.05, 3.63) is 48.6 Å². The topological polar surface area (TPSA) is 27.7 Å². The Morgan fingerprint density at radius 2 is 1.73 bits per heavy atom. The normalized spacial score (nSPS) is 26.3. The fraction of sp³-hybridized carbons (Fsp3) is 0.333. The van der Waals surface area contributed by atoms with Gasteiger partial charge in [0.2, 0.25) is 0 Å². The van der Waals surface area contributed by atoms with Crippen molar-refractivity contribution in [2.45, 2.75) is 12.6 Å². The van der Waals surface area contributed by atoms with Gasteiger partial charge < -0.3 is 14.2 Å². The van der Waals surface area contributed by atoms with Crippen LogP contribution in [-0.2, 0) is 14.2 Å². The van der Waals surface area contributed by atoms with E-state index < -0.39 is 12.6 Å². The molecule has 0 saturated carbocycles. The van der Waals surface area contributed by atoms with Crippen molar-refractivity contribution in [2.75, 3.05) is 14.2 Å². The third-order valence-corrected chi connectivity index (χ3v) is 2.15. The van der Waals surface area contributed by atoms with E-state index in [1.165, 1.54) is 0 Å². The summed E-state index contributed by atoms with van der Waals surface area (Å²) in [7, 11) is 3.17. The van der Waals surface area contributed by atoms with E-state index in [1.54, 1.807) is 26.4 Å². The Morgan fingerprint density at radius 1 is 1.13 bits per heavy atom. The SMILES string of the molecule is C=C/C=C\C1=C(C=C)C(OC)OC1OC. The largest absolute Gasteiger partial charge is 0.352 e. The molecule has 1 rings (SSSR count). The summed E-state index contributed by atoms with van der Waals surface area (Å²) in [5.74, 6) is 0. The van der Waals surface area contributed by atoms with Gasteiger partial charge in [-0.3, -0.25) is 0 Å². The van der Waals surface area contributed by atoms with E-state index in [2.05, 4.69) is 13.2 Å². The first kappa shape index (κ1) is 11.9. The lowest BCUT2D eigenvalue weighted by Crippen LogP contribution is -2.17. The maximum atomic E-state index is 5.50. The number of hydrogen-bond donors (Lipinski definition) is 0. The van der Waals surface area contributed by atoms with Crippen LogP contribution < -0.4 is 0 Å². The van der Waals surface area contributed by atoms with Crippen molar-refractivity contribution >= 4 is 0 Å². The molecule has 0 spiro atoms. The molecule has 3 nitrogen and oxygen atoms in total. The molecule has 1 heterocycles. The summed E-state index contributed by atoms with van der Waals surface area (Å²) >= 11 is 0. The van der Waals surface area contributed by atoms with Crippen LogP contribution in [-0.4, -0.2) is 26.8 Å². The molecule has 3 heteroatoms. The zero-order valence-electron chi connectivity index (χ0n) is 9.10. The molecule has 0 aromatic carbocycles. The minimum Gasteiger partial charge on any atom is -0.352 e. The van der Waals surface area contributed by atoms with Gasteiger partial charge in [-0.05, 0) is 0 Å². The third-order valence-electron chi connectivity index (χ3n) is 2.15. The lowest BCUT2D eigenvalue weighted by Gasteiger charge is -2.12. The molecule has 0 amide bonds. The van der Waals surface area contributed by atoms with E-state index in [0.717, 1.165) is 11.1 Å². The minimum atomic E-state index is -0.406. The fourth-order valence-electron chi connectivity index (χ4n) is 1.46. The van der Waals surface area contributed by atoms with Gasteiger partial charge in [-0.2, -0.15) is 0 Å². The van der Waals surface area contributed by atoms with E-state index in [9.17, 15) is 0 Å². The van der Waals surface area contributed by atoms with Gasteiger partial charge in [0.05, 0.1) is 0 Å². The summed E-state index contributed by atoms with van der Waals surface area (Å²) < 4.78 is 15.9. The molecule has 0 radical (unpaired) electrons. The number of ether oxygens (including phenoxy) is 3. The maximum Gasteiger partial charge on any atom is 0.187 e. The number of hydrogen-bond acceptors (Lipinski definition) is 3. The van der Waals surface area contributed by atoms with E-state index in [4.69, 9.17) is 14.2 Å². The van der Waals surface area contributed by atoms with Crippen LogP contribution in [0.3, 0.4) is 0 Å². The van der Waals surface area contributed by atoms with Crippen molar-refractivity contribution < 1.29 is 14.2 Å². The highest BCUT2D eigenvalue weighted by Crippen LogP contribution is 2.29. The second kappa shape index (κ2) is 5.66. The first-order valence-corrected chi connectivity index (χ1v) is 4.65. The molecular formula is C12H16O3. The van der Waals surface area contributed by atoms with Crippen molar-refractivity contribution in [2.24, 2.45) is 0 Å². The van der Waals surface area contributed by atoms with Gasteiger partial charge in [-0.25, -0.2) is 0 Å². The Bertz CT molecular complexity index is 302. The lowest BCUT2D eigenvalue weighted by molar-refractivity contribution is -0.178. The Balaban J connectivity index is 3.02. The van der Waals surface area contributed by atoms with Crippen LogP contribution in [0, 0.1) is 0 Å². The predicted octanol–water partition coefficient (Wildman–Crippen LogP) is 2.19. The highest BCUT2D eigenvalue weighted by atomic mass is 16.8. The van der Waals surface area contributed by atoms with E-state index in [1.807, 2.05) is 12.2 Å². The monoisotopic (exact) mass is 208 g/mol. The standard InChI is InChI=1S/C12H16O3/c1-5-7-8-10-9(6-2)11(13-3)15-12(10)14-4/h5-8,11-12H,1-2H2,3-4H3/b8-7-. The number of rotatable bonds is 5. The average Bonchev–Trinajstić information content (AvgIpc) is 2.62. The molecule has 0 aromatic heterocycles. The van der Waals surface area contributed by atoms with Crippen molar-refractivity contribution in [1.82, 2.24) is 0 Å². The van der Waals surface area contributed by atoms with Crippen LogP contribution in [0.2, 0.25) is 0 Å². The van der Waals surface area contributed by atoms with Crippen LogP contribution >= 0.6 is 0 Å². The summed E-state index contributed by atoms with van der Waals surface area (Å²) in [6.45, 7) is 7.35. The molecule has 0 bridgehead atoms. The highest BCUT2D eigenvalue weighted by Gasteiger charge is 2.31. The van der Waals surface area contributed by atoms with Gasteiger partial charge in [0.25, 0.3) is 0 Å². The summed E-state index contributed by atoms with van der Waals surface area (Å²) in [5, 5.41) is 0. The van der Waals surface area contributed by atoms with Gasteiger partial charge in [0.15, 0.2) is 12.6 Å². The zero-order chi connectivity index (χ0) is 11.3. The Morgan fingerprint density at radius 3 is 2.20 bits per heavy atom. The number of allylic oxidation sites excluding steroid dienone is 2. The highest BCUT2D eigenvalue weighted by molar-refractivity contribution is 5.39. The van der Waals surface area contributed by atoms with E-state index in [0.29, 0.717) is 0 Å². The van der Waals surface area contributed by atoms with Crippen molar-refractivity contribution in [3.8, 4) is 0 Å². The van der Waals surface area contributed by atoms with Crippen LogP contribution in [0.25, 0.3) is 0 Å². The van der Waals surface area contributed by atoms with Crippen LogP contribution in [0.4, 0.5) is 0 Å². The molecule has 1 aliphatic heterocycles. The molecule has 82 valence electrons. The molecule has 2 atom stereocenters. The summed E-state index contributed by atoms with van der Waals surface area (Å²) in [6, 6.07) is 0. The molecule has 2 unspecified atom stereocenters. The smallest absolute Gasteiger partial charge is 0.187 e. The lowest BCUT2D eigenvalue weighted by atomic mass is 10.1. The molecule has 1 aliphatic rings. The Labute approximate surface area is 90.3 Å². The zero-order valence-corrected chi connectivity index (χ0v) is 9.10. The van der Waals surface area contributed by atoms with Crippen LogP contribution in [0.5, 0.6) is 0 Å². The molecule has 0 N–H and O–H groups in total. The molecule has 0 aliphatic carbocycles. The summed E-state index contributed by atoms with van der Waals surface area (Å²) in [6.07, 6.45) is 6.32. The first-order valence-electron chi connectivity index (χ1n) is 4.65. The Kier molecular flexibility index (Phi) is 4.49. The molecule has 0 aromatic rings. The summed E-state index contributed by atoms with van der Waals surface area (Å²) in [5.41, 5.74) is 1.81. The van der Waals surface area contributed by atoms with Crippen molar-refractivity contribution in [3.63, 3.8) is 0 Å². The van der Waals surface area contributed by atoms with E-state index >= 15 is 0 Å². The quantitative estimate of drug-likeness (QED) is 0.648. The van der Waals surface area contributed by atoms with Gasteiger partial charge in [-0.1, -0.05) is 37.5 Å². The van der Waals surface area contributed by atoms with Crippen LogP contribution in [0.15, 0.2) is 48.6 Å². The molecular weight excluding hydrogens is 192 g/mol. The predicted molar refractivity (Wildman–Crippen MR) is 59.2 cm³/mol. The molecule has 15 heavy (non-hydrogen) atoms. The number of methoxy groups -OCH3 is 2. The fourth-order valence-corrected chi connectivity index (χ4v) is 1.46. The van der Waals surface area contributed by atoms with E-state index in [-0.39, 0.29) is 0 Å². The van der Waals surface area contributed by atoms with Crippen molar-refractivity contribution in [1.29, 1.82) is 0 Å². The maximum absolute atomic E-state index is 5.50. The first-order chi connectivity index (χ1) is 7.28. The van der Waals surface area contributed by atoms with Gasteiger partial charge in [0, 0.05) is 25.4 Å². The third kappa shape index (κ3) is 2.45. The average molecular weight is 208 g/mol. The van der Waals surface area contributed by atoms with Gasteiger partial charge in [0.1, 0.15) is 0 Å². The van der Waals surface area contributed by atoms with Crippen LogP contribution in [0.1, 0.15) is 0 Å².